The second-order valence-corrected chi connectivity index (χ2v) is 40.5. The average molecular weight is 729 g/mol. The molecule has 0 spiro atoms. The summed E-state index contributed by atoms with van der Waals surface area (Å²) < 4.78 is 8.72. The van der Waals surface area contributed by atoms with Crippen LogP contribution in [-0.4, -0.2) is 3.26 Å². The van der Waals surface area contributed by atoms with Crippen molar-refractivity contribution in [3.8, 4) is 22.3 Å². The number of hydrogen-bond acceptors (Lipinski definition) is 0. The molecule has 2 unspecified atom stereocenters. The van der Waals surface area contributed by atoms with E-state index in [1.165, 1.54) is 87.7 Å². The molecule has 0 aliphatic heterocycles. The van der Waals surface area contributed by atoms with Gasteiger partial charge in [-0.2, -0.15) is 0 Å². The molecule has 0 saturated heterocycles. The molecule has 0 N–H and O–H groups in total. The van der Waals surface area contributed by atoms with Crippen molar-refractivity contribution < 1.29 is 18.0 Å². The van der Waals surface area contributed by atoms with E-state index in [1.54, 1.807) is 11.1 Å². The van der Waals surface area contributed by atoms with Crippen LogP contribution in [0.25, 0.3) is 34.4 Å². The molecule has 4 aromatic carbocycles. The fourth-order valence-electron chi connectivity index (χ4n) is 9.14. The Morgan fingerprint density at radius 3 is 1.47 bits per heavy atom. The first-order chi connectivity index (χ1) is 20.7. The summed E-state index contributed by atoms with van der Waals surface area (Å²) in [4.78, 5) is 0. The summed E-state index contributed by atoms with van der Waals surface area (Å²) in [6.45, 7) is 8.97. The third kappa shape index (κ3) is 4.52. The zero-order valence-electron chi connectivity index (χ0n) is 26.9. The van der Waals surface area contributed by atoms with Crippen molar-refractivity contribution in [2.45, 2.75) is 76.5 Å². The Bertz CT molecular complexity index is 1770. The van der Waals surface area contributed by atoms with Crippen LogP contribution in [0.2, 0.25) is 9.36 Å². The van der Waals surface area contributed by atoms with Crippen molar-refractivity contribution in [2.24, 2.45) is 0 Å². The predicted molar refractivity (Wildman–Crippen MR) is 186 cm³/mol. The zero-order valence-corrected chi connectivity index (χ0v) is 30.5. The Hall–Kier alpha value is -2.90. The fourth-order valence-corrected chi connectivity index (χ4v) is 34.3. The first-order valence-corrected chi connectivity index (χ1v) is 29.6. The van der Waals surface area contributed by atoms with Gasteiger partial charge in [-0.3, -0.25) is 0 Å². The van der Waals surface area contributed by atoms with E-state index < -0.39 is 18.0 Å². The van der Waals surface area contributed by atoms with Gasteiger partial charge in [0.2, 0.25) is 0 Å². The summed E-state index contributed by atoms with van der Waals surface area (Å²) in [5.41, 5.74) is 17.1. The molecule has 1 heteroatoms. The van der Waals surface area contributed by atoms with Crippen LogP contribution in [0.3, 0.4) is 0 Å². The van der Waals surface area contributed by atoms with Gasteiger partial charge in [-0.15, -0.1) is 0 Å². The van der Waals surface area contributed by atoms with E-state index in [1.807, 2.05) is 3.26 Å². The van der Waals surface area contributed by atoms with Gasteiger partial charge in [0.25, 0.3) is 0 Å². The molecule has 0 heterocycles. The zero-order chi connectivity index (χ0) is 30.0. The fraction of sp³-hybridized carbons (Fsp3) is 0.310. The summed E-state index contributed by atoms with van der Waals surface area (Å²) in [7, 11) is 0. The second-order valence-electron chi connectivity index (χ2n) is 14.7. The van der Waals surface area contributed by atoms with E-state index in [4.69, 9.17) is 0 Å². The van der Waals surface area contributed by atoms with Crippen molar-refractivity contribution in [1.82, 2.24) is 0 Å². The summed E-state index contributed by atoms with van der Waals surface area (Å²) in [6, 6.07) is 28.2. The topological polar surface area (TPSA) is 0 Å². The molecular formula is C42H46Hf. The predicted octanol–water partition coefficient (Wildman–Crippen LogP) is 12.0. The maximum atomic E-state index is 2.85. The van der Waals surface area contributed by atoms with Crippen molar-refractivity contribution in [2.75, 3.05) is 0 Å². The van der Waals surface area contributed by atoms with E-state index in [-0.39, 0.29) is 0 Å². The maximum absolute atomic E-state index is 3.97. The van der Waals surface area contributed by atoms with Gasteiger partial charge in [0.1, 0.15) is 0 Å². The monoisotopic (exact) mass is 730 g/mol. The molecule has 3 aliphatic carbocycles. The van der Waals surface area contributed by atoms with Crippen molar-refractivity contribution in [3.05, 3.63) is 129 Å². The van der Waals surface area contributed by atoms with Gasteiger partial charge in [0.05, 0.1) is 0 Å². The van der Waals surface area contributed by atoms with Gasteiger partial charge in [-0.25, -0.2) is 0 Å². The Kier molecular flexibility index (Phi) is 7.13. The van der Waals surface area contributed by atoms with E-state index in [2.05, 4.69) is 134 Å². The molecule has 0 amide bonds. The molecule has 7 rings (SSSR count). The van der Waals surface area contributed by atoms with Crippen LogP contribution < -0.4 is 0 Å². The Morgan fingerprint density at radius 2 is 1.00 bits per heavy atom. The van der Waals surface area contributed by atoms with E-state index in [0.717, 1.165) is 0 Å². The van der Waals surface area contributed by atoms with Gasteiger partial charge in [0.15, 0.2) is 0 Å². The molecule has 3 aliphatic rings. The van der Waals surface area contributed by atoms with Crippen molar-refractivity contribution in [3.63, 3.8) is 0 Å². The molecule has 2 atom stereocenters. The van der Waals surface area contributed by atoms with Crippen LogP contribution in [-0.2, 0) is 18.0 Å². The molecule has 1 saturated carbocycles. The molecule has 4 aromatic rings. The SMILES string of the molecule is Cc1ccc(C)c(-c2cccc3c2C=C[CH]3[Hf]([CH3])([CH3])(=[C]2CCCCC2)[CH]2C=Cc3c(-c4cc(C)ccc4C)cccc32)c1. The van der Waals surface area contributed by atoms with Gasteiger partial charge in [0, 0.05) is 0 Å². The summed E-state index contributed by atoms with van der Waals surface area (Å²) in [6.07, 6.45) is 17.1. The van der Waals surface area contributed by atoms with Crippen LogP contribution in [0.15, 0.2) is 84.9 Å². The van der Waals surface area contributed by atoms with Crippen LogP contribution in [0, 0.1) is 27.7 Å². The number of allylic oxidation sites excluding steroid dienone is 2. The van der Waals surface area contributed by atoms with Gasteiger partial charge in [-0.1, -0.05) is 0 Å². The standard InChI is InChI=1S/2C17H15.C6H10.2CH3.Hf/c2*1-12-9-10-13(2)17(11-12)16-8-4-6-14-5-3-7-15(14)16;1-2-4-6-5-3-1;;;/h2*3-11H,1-2H3;1-5H2;2*1H3;. The molecular weight excluding hydrogens is 683 g/mol. The summed E-state index contributed by atoms with van der Waals surface area (Å²) in [5.74, 6) is 0. The number of aryl methyl sites for hydroxylation is 4. The average Bonchev–Trinajstić information content (AvgIpc) is 3.66. The van der Waals surface area contributed by atoms with Crippen LogP contribution in [0.5, 0.6) is 0 Å². The number of hydrogen-bond donors (Lipinski definition) is 0. The Labute approximate surface area is 260 Å². The molecule has 0 aromatic heterocycles. The number of fused-ring (bicyclic) bond motifs is 2. The molecule has 218 valence electrons. The van der Waals surface area contributed by atoms with Crippen LogP contribution in [0.1, 0.15) is 84.0 Å². The van der Waals surface area contributed by atoms with Gasteiger partial charge < -0.3 is 0 Å². The van der Waals surface area contributed by atoms with Crippen LogP contribution >= 0.6 is 0 Å². The molecule has 0 nitrogen and oxygen atoms in total. The van der Waals surface area contributed by atoms with Gasteiger partial charge >= 0.3 is 262 Å². The third-order valence-electron chi connectivity index (χ3n) is 11.7. The van der Waals surface area contributed by atoms with Crippen molar-refractivity contribution >= 4 is 15.4 Å². The van der Waals surface area contributed by atoms with Gasteiger partial charge in [-0.05, 0) is 0 Å². The minimum atomic E-state index is -3.97. The normalized spacial score (nSPS) is 19.6. The van der Waals surface area contributed by atoms with E-state index in [9.17, 15) is 0 Å². The van der Waals surface area contributed by atoms with E-state index >= 15 is 0 Å². The third-order valence-corrected chi connectivity index (χ3v) is 38.9. The first kappa shape index (κ1) is 28.8. The number of rotatable bonds is 4. The second kappa shape index (κ2) is 10.6. The summed E-state index contributed by atoms with van der Waals surface area (Å²) in [5, 5.41) is 0. The molecule has 43 heavy (non-hydrogen) atoms. The van der Waals surface area contributed by atoms with Crippen LogP contribution in [0.4, 0.5) is 0 Å². The van der Waals surface area contributed by atoms with E-state index in [0.29, 0.717) is 7.35 Å². The van der Waals surface area contributed by atoms with Crippen molar-refractivity contribution in [1.29, 1.82) is 0 Å². The Balaban J connectivity index is 1.44. The first-order valence-electron chi connectivity index (χ1n) is 16.5. The Morgan fingerprint density at radius 1 is 0.535 bits per heavy atom. The minimum absolute atomic E-state index is 0.523. The molecule has 1 fully saturated rings. The number of benzene rings is 4. The molecule has 0 bridgehead atoms. The quantitative estimate of drug-likeness (QED) is 0.184. The summed E-state index contributed by atoms with van der Waals surface area (Å²) >= 11 is -3.97. The molecule has 0 radical (unpaired) electrons.